The summed E-state index contributed by atoms with van der Waals surface area (Å²) in [6.07, 6.45) is 3.42. The standard InChI is InChI=1S/C14H23N3O3/c1-5-6-10-15-12(17-20-10)11(9-7-8-9)16-13(18)19-14(2,3)4/h9,11H,5-8H2,1-4H3,(H,16,18)/t11-/m1/s1. The summed E-state index contributed by atoms with van der Waals surface area (Å²) < 4.78 is 10.5. The molecule has 1 amide bonds. The van der Waals surface area contributed by atoms with E-state index >= 15 is 0 Å². The molecule has 112 valence electrons. The second-order valence-electron chi connectivity index (χ2n) is 6.26. The van der Waals surface area contributed by atoms with Gasteiger partial charge in [0.2, 0.25) is 5.89 Å². The summed E-state index contributed by atoms with van der Waals surface area (Å²) in [5.74, 6) is 1.57. The van der Waals surface area contributed by atoms with Crippen LogP contribution in [0.2, 0.25) is 0 Å². The molecule has 0 bridgehead atoms. The molecule has 0 spiro atoms. The summed E-state index contributed by atoms with van der Waals surface area (Å²) >= 11 is 0. The van der Waals surface area contributed by atoms with E-state index in [-0.39, 0.29) is 6.04 Å². The van der Waals surface area contributed by atoms with Crippen molar-refractivity contribution in [1.82, 2.24) is 15.5 Å². The molecule has 1 atom stereocenters. The van der Waals surface area contributed by atoms with Crippen LogP contribution < -0.4 is 5.32 Å². The Kier molecular flexibility index (Phi) is 4.30. The van der Waals surface area contributed by atoms with Gasteiger partial charge in [-0.2, -0.15) is 4.98 Å². The van der Waals surface area contributed by atoms with E-state index < -0.39 is 11.7 Å². The molecular formula is C14H23N3O3. The molecule has 1 N–H and O–H groups in total. The highest BCUT2D eigenvalue weighted by atomic mass is 16.6. The number of nitrogens with zero attached hydrogens (tertiary/aromatic N) is 2. The van der Waals surface area contributed by atoms with E-state index in [2.05, 4.69) is 22.4 Å². The minimum atomic E-state index is -0.511. The highest BCUT2D eigenvalue weighted by molar-refractivity contribution is 5.68. The van der Waals surface area contributed by atoms with Gasteiger partial charge in [0.1, 0.15) is 5.60 Å². The molecule has 2 rings (SSSR count). The normalized spacial score (nSPS) is 16.8. The van der Waals surface area contributed by atoms with Crippen molar-refractivity contribution < 1.29 is 14.1 Å². The number of aryl methyl sites for hydroxylation is 1. The van der Waals surface area contributed by atoms with Crippen LogP contribution in [0.15, 0.2) is 4.52 Å². The van der Waals surface area contributed by atoms with Crippen LogP contribution in [0.4, 0.5) is 4.79 Å². The van der Waals surface area contributed by atoms with Crippen molar-refractivity contribution in [3.63, 3.8) is 0 Å². The number of hydrogen-bond donors (Lipinski definition) is 1. The minimum absolute atomic E-state index is 0.209. The second-order valence-corrected chi connectivity index (χ2v) is 6.26. The molecule has 1 aromatic heterocycles. The Bertz CT molecular complexity index is 460. The van der Waals surface area contributed by atoms with Gasteiger partial charge in [-0.15, -0.1) is 0 Å². The molecule has 0 radical (unpaired) electrons. The summed E-state index contributed by atoms with van der Waals surface area (Å²) in [5, 5.41) is 6.85. The predicted octanol–water partition coefficient (Wildman–Crippen LogP) is 3.00. The van der Waals surface area contributed by atoms with Gasteiger partial charge in [0.05, 0.1) is 6.04 Å². The van der Waals surface area contributed by atoms with E-state index in [0.717, 1.165) is 25.7 Å². The maximum absolute atomic E-state index is 11.9. The summed E-state index contributed by atoms with van der Waals surface area (Å²) in [5.41, 5.74) is -0.511. The van der Waals surface area contributed by atoms with Crippen molar-refractivity contribution in [2.45, 2.75) is 65.0 Å². The lowest BCUT2D eigenvalue weighted by Gasteiger charge is -2.22. The van der Waals surface area contributed by atoms with Crippen LogP contribution in [0.5, 0.6) is 0 Å². The lowest BCUT2D eigenvalue weighted by atomic mass is 10.1. The van der Waals surface area contributed by atoms with Gasteiger partial charge in [0.15, 0.2) is 5.82 Å². The number of amides is 1. The van der Waals surface area contributed by atoms with Crippen molar-refractivity contribution in [3.05, 3.63) is 11.7 Å². The van der Waals surface area contributed by atoms with Crippen molar-refractivity contribution >= 4 is 6.09 Å². The van der Waals surface area contributed by atoms with Gasteiger partial charge in [-0.05, 0) is 46.0 Å². The monoisotopic (exact) mass is 281 g/mol. The first kappa shape index (κ1) is 14.8. The van der Waals surface area contributed by atoms with Gasteiger partial charge in [-0.1, -0.05) is 12.1 Å². The van der Waals surface area contributed by atoms with Crippen molar-refractivity contribution in [2.75, 3.05) is 0 Å². The molecule has 0 saturated heterocycles. The van der Waals surface area contributed by atoms with Crippen molar-refractivity contribution in [3.8, 4) is 0 Å². The van der Waals surface area contributed by atoms with Gasteiger partial charge in [-0.3, -0.25) is 0 Å². The number of hydrogen-bond acceptors (Lipinski definition) is 5. The van der Waals surface area contributed by atoms with E-state index in [4.69, 9.17) is 9.26 Å². The molecule has 0 aliphatic heterocycles. The largest absolute Gasteiger partial charge is 0.444 e. The Morgan fingerprint density at radius 1 is 1.50 bits per heavy atom. The average Bonchev–Trinajstić information content (AvgIpc) is 3.05. The molecule has 1 fully saturated rings. The van der Waals surface area contributed by atoms with Crippen LogP contribution in [-0.4, -0.2) is 21.8 Å². The van der Waals surface area contributed by atoms with Crippen molar-refractivity contribution in [2.24, 2.45) is 5.92 Å². The molecule has 6 heteroatoms. The van der Waals surface area contributed by atoms with Gasteiger partial charge < -0.3 is 14.6 Å². The summed E-state index contributed by atoms with van der Waals surface area (Å²) in [7, 11) is 0. The number of carbonyl (C=O) groups excluding carboxylic acids is 1. The number of alkyl carbamates (subject to hydrolysis) is 1. The number of rotatable bonds is 5. The number of ether oxygens (including phenoxy) is 1. The average molecular weight is 281 g/mol. The van der Waals surface area contributed by atoms with Crippen LogP contribution in [0.3, 0.4) is 0 Å². The zero-order valence-electron chi connectivity index (χ0n) is 12.6. The SMILES string of the molecule is CCCc1nc([C@H](NC(=O)OC(C)(C)C)C2CC2)no1. The minimum Gasteiger partial charge on any atom is -0.444 e. The van der Waals surface area contributed by atoms with Crippen LogP contribution in [0.25, 0.3) is 0 Å². The Labute approximate surface area is 119 Å². The quantitative estimate of drug-likeness (QED) is 0.897. The van der Waals surface area contributed by atoms with Gasteiger partial charge in [0.25, 0.3) is 0 Å². The van der Waals surface area contributed by atoms with E-state index in [1.165, 1.54) is 0 Å². The van der Waals surface area contributed by atoms with Gasteiger partial charge in [0, 0.05) is 6.42 Å². The number of aromatic nitrogens is 2. The van der Waals surface area contributed by atoms with E-state index in [9.17, 15) is 4.79 Å². The zero-order valence-corrected chi connectivity index (χ0v) is 12.6. The third-order valence-corrected chi connectivity index (χ3v) is 2.99. The van der Waals surface area contributed by atoms with Crippen LogP contribution >= 0.6 is 0 Å². The topological polar surface area (TPSA) is 77.2 Å². The maximum Gasteiger partial charge on any atom is 0.408 e. The second kappa shape index (κ2) is 5.81. The molecule has 0 aromatic carbocycles. The smallest absolute Gasteiger partial charge is 0.408 e. The first-order valence-electron chi connectivity index (χ1n) is 7.21. The molecule has 6 nitrogen and oxygen atoms in total. The molecule has 1 saturated carbocycles. The lowest BCUT2D eigenvalue weighted by molar-refractivity contribution is 0.0494. The van der Waals surface area contributed by atoms with Gasteiger partial charge >= 0.3 is 6.09 Å². The first-order chi connectivity index (χ1) is 9.39. The van der Waals surface area contributed by atoms with E-state index in [0.29, 0.717) is 17.6 Å². The summed E-state index contributed by atoms with van der Waals surface area (Å²) in [6, 6.07) is -0.209. The Balaban J connectivity index is 2.01. The zero-order chi connectivity index (χ0) is 14.8. The van der Waals surface area contributed by atoms with E-state index in [1.807, 2.05) is 20.8 Å². The number of nitrogens with one attached hydrogen (secondary N) is 1. The fourth-order valence-corrected chi connectivity index (χ4v) is 1.97. The molecule has 1 aliphatic rings. The molecule has 1 aromatic rings. The van der Waals surface area contributed by atoms with Crippen molar-refractivity contribution in [1.29, 1.82) is 0 Å². The fourth-order valence-electron chi connectivity index (χ4n) is 1.97. The van der Waals surface area contributed by atoms with Crippen LogP contribution in [0, 0.1) is 5.92 Å². The highest BCUT2D eigenvalue weighted by Gasteiger charge is 2.37. The molecule has 1 heterocycles. The molecule has 1 aliphatic carbocycles. The van der Waals surface area contributed by atoms with Crippen LogP contribution in [0.1, 0.15) is 64.7 Å². The Morgan fingerprint density at radius 2 is 2.20 bits per heavy atom. The Morgan fingerprint density at radius 3 is 2.75 bits per heavy atom. The summed E-state index contributed by atoms with van der Waals surface area (Å²) in [6.45, 7) is 7.58. The molecule has 20 heavy (non-hydrogen) atoms. The predicted molar refractivity (Wildman–Crippen MR) is 73.1 cm³/mol. The third-order valence-electron chi connectivity index (χ3n) is 2.99. The molecular weight excluding hydrogens is 258 g/mol. The van der Waals surface area contributed by atoms with Crippen LogP contribution in [-0.2, 0) is 11.2 Å². The molecule has 0 unspecified atom stereocenters. The lowest BCUT2D eigenvalue weighted by Crippen LogP contribution is -2.36. The number of carbonyl (C=O) groups is 1. The summed E-state index contributed by atoms with van der Waals surface area (Å²) in [4.78, 5) is 16.3. The third kappa shape index (κ3) is 4.21. The van der Waals surface area contributed by atoms with Gasteiger partial charge in [-0.25, -0.2) is 4.79 Å². The first-order valence-corrected chi connectivity index (χ1v) is 7.21. The maximum atomic E-state index is 11.9. The fraction of sp³-hybridized carbons (Fsp3) is 0.786. The van der Waals surface area contributed by atoms with E-state index in [1.54, 1.807) is 0 Å². The highest BCUT2D eigenvalue weighted by Crippen LogP contribution is 2.40. The Hall–Kier alpha value is -1.59.